The first kappa shape index (κ1) is 14.5. The maximum Gasteiger partial charge on any atom is 0.224 e. The monoisotopic (exact) mass is 280 g/mol. The summed E-state index contributed by atoms with van der Waals surface area (Å²) in [6.07, 6.45) is 4.77. The molecule has 1 saturated carbocycles. The summed E-state index contributed by atoms with van der Waals surface area (Å²) in [7, 11) is 1.89. The Balaban J connectivity index is 1.98. The molecule has 1 heterocycles. The normalized spacial score (nSPS) is 19.4. The molecule has 1 aliphatic rings. The Morgan fingerprint density at radius 1 is 1.47 bits per heavy atom. The van der Waals surface area contributed by atoms with Crippen molar-refractivity contribution in [3.05, 3.63) is 21.9 Å². The van der Waals surface area contributed by atoms with Crippen LogP contribution >= 0.6 is 11.3 Å². The summed E-state index contributed by atoms with van der Waals surface area (Å²) >= 11 is 1.76. The highest BCUT2D eigenvalue weighted by Gasteiger charge is 2.33. The van der Waals surface area contributed by atoms with E-state index in [9.17, 15) is 4.79 Å². The van der Waals surface area contributed by atoms with E-state index in [1.54, 1.807) is 11.3 Å². The summed E-state index contributed by atoms with van der Waals surface area (Å²) in [6.45, 7) is 4.18. The summed E-state index contributed by atoms with van der Waals surface area (Å²) in [6, 6.07) is 4.36. The number of hydrogen-bond acceptors (Lipinski definition) is 3. The summed E-state index contributed by atoms with van der Waals surface area (Å²) < 4.78 is 0. The van der Waals surface area contributed by atoms with Crippen LogP contribution in [0.25, 0.3) is 0 Å². The summed E-state index contributed by atoms with van der Waals surface area (Å²) in [4.78, 5) is 16.7. The van der Waals surface area contributed by atoms with Gasteiger partial charge in [-0.05, 0) is 38.8 Å². The van der Waals surface area contributed by atoms with Gasteiger partial charge < -0.3 is 10.6 Å². The molecule has 1 aromatic heterocycles. The molecule has 1 atom stereocenters. The van der Waals surface area contributed by atoms with Crippen LogP contribution < -0.4 is 5.73 Å². The fraction of sp³-hybridized carbons (Fsp3) is 0.667. The van der Waals surface area contributed by atoms with Crippen LogP contribution in [0.3, 0.4) is 0 Å². The second-order valence-corrected chi connectivity index (χ2v) is 7.19. The lowest BCUT2D eigenvalue weighted by Crippen LogP contribution is -2.43. The number of amides is 1. The van der Waals surface area contributed by atoms with Crippen molar-refractivity contribution in [2.24, 2.45) is 5.73 Å². The lowest BCUT2D eigenvalue weighted by Gasteiger charge is -2.29. The number of thiophene rings is 1. The number of hydrogen-bond donors (Lipinski definition) is 1. The molecule has 2 rings (SSSR count). The predicted octanol–water partition coefficient (Wildman–Crippen LogP) is 3.24. The highest BCUT2D eigenvalue weighted by atomic mass is 32.1. The van der Waals surface area contributed by atoms with Crippen molar-refractivity contribution in [2.75, 3.05) is 7.05 Å². The van der Waals surface area contributed by atoms with Gasteiger partial charge in [-0.25, -0.2) is 0 Å². The van der Waals surface area contributed by atoms with Crippen molar-refractivity contribution < 1.29 is 4.79 Å². The van der Waals surface area contributed by atoms with Crippen LogP contribution in [0.5, 0.6) is 0 Å². The van der Waals surface area contributed by atoms with Crippen LogP contribution in [0.4, 0.5) is 0 Å². The molecule has 2 N–H and O–H groups in total. The van der Waals surface area contributed by atoms with Crippen molar-refractivity contribution in [2.45, 2.75) is 57.5 Å². The van der Waals surface area contributed by atoms with E-state index in [0.717, 1.165) is 25.7 Å². The third-order valence-corrected chi connectivity index (χ3v) is 5.42. The average Bonchev–Trinajstić information content (AvgIpc) is 2.96. The van der Waals surface area contributed by atoms with E-state index in [1.165, 1.54) is 9.75 Å². The van der Waals surface area contributed by atoms with E-state index in [2.05, 4.69) is 26.0 Å². The number of nitrogens with two attached hydrogens (primary N) is 1. The Labute approximate surface area is 119 Å². The minimum absolute atomic E-state index is 0.135. The molecular formula is C15H24N2OS. The van der Waals surface area contributed by atoms with E-state index >= 15 is 0 Å². The fourth-order valence-corrected chi connectivity index (χ4v) is 3.74. The quantitative estimate of drug-likeness (QED) is 0.920. The molecule has 1 aromatic rings. The van der Waals surface area contributed by atoms with Crippen LogP contribution in [-0.2, 0) is 4.79 Å². The van der Waals surface area contributed by atoms with Crippen molar-refractivity contribution in [1.29, 1.82) is 0 Å². The molecule has 1 aliphatic carbocycles. The first-order valence-corrected chi connectivity index (χ1v) is 7.84. The molecular weight excluding hydrogens is 256 g/mol. The zero-order valence-electron chi connectivity index (χ0n) is 12.1. The van der Waals surface area contributed by atoms with E-state index in [4.69, 9.17) is 5.73 Å². The predicted molar refractivity (Wildman–Crippen MR) is 80.2 cm³/mol. The number of rotatable bonds is 4. The van der Waals surface area contributed by atoms with Gasteiger partial charge in [-0.2, -0.15) is 0 Å². The smallest absolute Gasteiger partial charge is 0.224 e. The maximum absolute atomic E-state index is 12.4. The Hall–Kier alpha value is -0.870. The molecule has 1 unspecified atom stereocenters. The van der Waals surface area contributed by atoms with E-state index in [0.29, 0.717) is 6.42 Å². The molecule has 0 spiro atoms. The van der Waals surface area contributed by atoms with Crippen molar-refractivity contribution in [1.82, 2.24) is 4.90 Å². The molecule has 0 saturated heterocycles. The van der Waals surface area contributed by atoms with Crippen LogP contribution in [0.15, 0.2) is 12.1 Å². The van der Waals surface area contributed by atoms with Gasteiger partial charge >= 0.3 is 0 Å². The van der Waals surface area contributed by atoms with Crippen molar-refractivity contribution >= 4 is 17.2 Å². The first-order valence-electron chi connectivity index (χ1n) is 7.02. The lowest BCUT2D eigenvalue weighted by molar-refractivity contribution is -0.133. The highest BCUT2D eigenvalue weighted by molar-refractivity contribution is 7.12. The van der Waals surface area contributed by atoms with Crippen molar-refractivity contribution in [3.63, 3.8) is 0 Å². The Morgan fingerprint density at radius 2 is 2.11 bits per heavy atom. The summed E-state index contributed by atoms with van der Waals surface area (Å²) in [5.41, 5.74) is 6.04. The van der Waals surface area contributed by atoms with Gasteiger partial charge in [-0.3, -0.25) is 4.79 Å². The summed E-state index contributed by atoms with van der Waals surface area (Å²) in [5, 5.41) is 0. The topological polar surface area (TPSA) is 46.3 Å². The van der Waals surface area contributed by atoms with Gasteiger partial charge in [-0.15, -0.1) is 11.3 Å². The maximum atomic E-state index is 12.4. The van der Waals surface area contributed by atoms with Crippen LogP contribution in [-0.4, -0.2) is 23.4 Å². The number of aryl methyl sites for hydroxylation is 1. The fourth-order valence-electron chi connectivity index (χ4n) is 2.77. The molecule has 19 heavy (non-hydrogen) atoms. The summed E-state index contributed by atoms with van der Waals surface area (Å²) in [5.74, 6) is 0.169. The first-order chi connectivity index (χ1) is 8.91. The van der Waals surface area contributed by atoms with Gasteiger partial charge in [0.05, 0.1) is 6.04 Å². The third kappa shape index (κ3) is 3.37. The Morgan fingerprint density at radius 3 is 2.63 bits per heavy atom. The minimum Gasteiger partial charge on any atom is -0.338 e. The molecule has 4 heteroatoms. The van der Waals surface area contributed by atoms with Gasteiger partial charge in [0.25, 0.3) is 0 Å². The zero-order chi connectivity index (χ0) is 14.0. The van der Waals surface area contributed by atoms with Gasteiger partial charge in [0.15, 0.2) is 0 Å². The molecule has 3 nitrogen and oxygen atoms in total. The van der Waals surface area contributed by atoms with Gasteiger partial charge in [-0.1, -0.05) is 12.8 Å². The second kappa shape index (κ2) is 5.63. The van der Waals surface area contributed by atoms with Crippen LogP contribution in [0, 0.1) is 6.92 Å². The van der Waals surface area contributed by atoms with Crippen LogP contribution in [0.1, 0.15) is 54.8 Å². The molecule has 0 bridgehead atoms. The average molecular weight is 280 g/mol. The standard InChI is InChI=1S/C15H24N2OS/c1-11-6-7-13(19-11)12(2)17(3)14(18)10-15(16)8-4-5-9-15/h6-7,12H,4-5,8-10,16H2,1-3H3. The highest BCUT2D eigenvalue weighted by Crippen LogP contribution is 2.32. The minimum atomic E-state index is -0.254. The second-order valence-electron chi connectivity index (χ2n) is 5.88. The van der Waals surface area contributed by atoms with Gasteiger partial charge in [0.1, 0.15) is 0 Å². The lowest BCUT2D eigenvalue weighted by atomic mass is 9.94. The molecule has 0 aromatic carbocycles. The van der Waals surface area contributed by atoms with E-state index in [1.807, 2.05) is 11.9 Å². The number of carbonyl (C=O) groups excluding carboxylic acids is 1. The van der Waals surface area contributed by atoms with Gasteiger partial charge in [0, 0.05) is 28.8 Å². The zero-order valence-corrected chi connectivity index (χ0v) is 12.9. The Kier molecular flexibility index (Phi) is 4.31. The molecule has 0 aliphatic heterocycles. The van der Waals surface area contributed by atoms with Crippen molar-refractivity contribution in [3.8, 4) is 0 Å². The number of carbonyl (C=O) groups is 1. The van der Waals surface area contributed by atoms with E-state index < -0.39 is 0 Å². The van der Waals surface area contributed by atoms with Gasteiger partial charge in [0.2, 0.25) is 5.91 Å². The van der Waals surface area contributed by atoms with E-state index in [-0.39, 0.29) is 17.5 Å². The molecule has 106 valence electrons. The largest absolute Gasteiger partial charge is 0.338 e. The number of nitrogens with zero attached hydrogens (tertiary/aromatic N) is 1. The third-order valence-electron chi connectivity index (χ3n) is 4.25. The molecule has 1 amide bonds. The Bertz CT molecular complexity index is 449. The van der Waals surface area contributed by atoms with Crippen LogP contribution in [0.2, 0.25) is 0 Å². The molecule has 0 radical (unpaired) electrons. The molecule has 1 fully saturated rings. The SMILES string of the molecule is Cc1ccc(C(C)N(C)C(=O)CC2(N)CCCC2)s1.